The fraction of sp³-hybridized carbons (Fsp3) is 0.619. The van der Waals surface area contributed by atoms with Gasteiger partial charge in [0.1, 0.15) is 0 Å². The maximum atomic E-state index is 12.2. The molecular weight excluding hydrogens is 380 g/mol. The van der Waals surface area contributed by atoms with Gasteiger partial charge in [-0.05, 0) is 37.7 Å². The van der Waals surface area contributed by atoms with Crippen LogP contribution in [0.2, 0.25) is 0 Å². The molecule has 1 saturated carbocycles. The first kappa shape index (κ1) is 22.7. The fourth-order valence-corrected chi connectivity index (χ4v) is 4.50. The molecule has 2 fully saturated rings. The number of rotatable bonds is 9. The molecule has 7 heteroatoms. The summed E-state index contributed by atoms with van der Waals surface area (Å²) in [6, 6.07) is 10.1. The number of carbonyl (C=O) groups is 2. The van der Waals surface area contributed by atoms with Crippen molar-refractivity contribution in [3.05, 3.63) is 35.9 Å². The third kappa shape index (κ3) is 5.25. The predicted molar refractivity (Wildman–Crippen MR) is 110 cm³/mol. The Balaban J connectivity index is 0.00000280. The minimum absolute atomic E-state index is 0. The van der Waals surface area contributed by atoms with E-state index in [0.29, 0.717) is 19.7 Å². The van der Waals surface area contributed by atoms with Crippen molar-refractivity contribution in [2.24, 2.45) is 11.3 Å². The van der Waals surface area contributed by atoms with E-state index >= 15 is 0 Å². The number of carboxylic acid groups (broad SMARTS) is 1. The third-order valence-corrected chi connectivity index (χ3v) is 6.01. The highest BCUT2D eigenvalue weighted by Crippen LogP contribution is 2.48. The predicted octanol–water partition coefficient (Wildman–Crippen LogP) is 2.88. The highest BCUT2D eigenvalue weighted by Gasteiger charge is 2.54. The summed E-state index contributed by atoms with van der Waals surface area (Å²) in [6.07, 6.45) is 3.48. The van der Waals surface area contributed by atoms with Gasteiger partial charge < -0.3 is 15.2 Å². The number of likely N-dealkylation sites (tertiary alicyclic amines) is 1. The molecule has 28 heavy (non-hydrogen) atoms. The number of nitrogens with one attached hydrogen (secondary N) is 1. The molecule has 1 aromatic rings. The minimum atomic E-state index is -0.697. The minimum Gasteiger partial charge on any atom is -0.481 e. The van der Waals surface area contributed by atoms with Crippen LogP contribution in [0.5, 0.6) is 0 Å². The second-order valence-corrected chi connectivity index (χ2v) is 7.85. The summed E-state index contributed by atoms with van der Waals surface area (Å²) >= 11 is 0. The number of carboxylic acids is 1. The highest BCUT2D eigenvalue weighted by atomic mass is 35.5. The smallest absolute Gasteiger partial charge is 0.311 e. The van der Waals surface area contributed by atoms with E-state index in [9.17, 15) is 14.7 Å². The van der Waals surface area contributed by atoms with Crippen molar-refractivity contribution >= 4 is 24.3 Å². The Bertz CT molecular complexity index is 657. The molecular formula is C21H31ClN2O4. The Labute approximate surface area is 173 Å². The van der Waals surface area contributed by atoms with Crippen LogP contribution in [0.15, 0.2) is 30.3 Å². The summed E-state index contributed by atoms with van der Waals surface area (Å²) < 4.78 is 5.81. The van der Waals surface area contributed by atoms with E-state index in [1.165, 1.54) is 0 Å². The maximum absolute atomic E-state index is 12.2. The first-order chi connectivity index (χ1) is 13.0. The van der Waals surface area contributed by atoms with Gasteiger partial charge >= 0.3 is 5.97 Å². The molecule has 0 radical (unpaired) electrons. The monoisotopic (exact) mass is 410 g/mol. The Morgan fingerprint density at radius 2 is 2.11 bits per heavy atom. The third-order valence-electron chi connectivity index (χ3n) is 6.01. The van der Waals surface area contributed by atoms with E-state index in [1.807, 2.05) is 42.2 Å². The molecule has 1 unspecified atom stereocenters. The van der Waals surface area contributed by atoms with Crippen LogP contribution >= 0.6 is 12.4 Å². The average Bonchev–Trinajstić information content (AvgIpc) is 3.20. The van der Waals surface area contributed by atoms with Gasteiger partial charge in [-0.25, -0.2) is 0 Å². The second kappa shape index (κ2) is 10.2. The Kier molecular flexibility index (Phi) is 8.28. The van der Waals surface area contributed by atoms with E-state index in [2.05, 4.69) is 5.32 Å². The van der Waals surface area contributed by atoms with Crippen LogP contribution in [-0.4, -0.2) is 54.7 Å². The van der Waals surface area contributed by atoms with Crippen LogP contribution in [0.25, 0.3) is 0 Å². The van der Waals surface area contributed by atoms with Crippen molar-refractivity contribution in [2.75, 3.05) is 32.8 Å². The van der Waals surface area contributed by atoms with Gasteiger partial charge in [0.15, 0.2) is 0 Å². The van der Waals surface area contributed by atoms with E-state index in [4.69, 9.17) is 4.74 Å². The van der Waals surface area contributed by atoms with Gasteiger partial charge in [0, 0.05) is 26.2 Å². The Morgan fingerprint density at radius 3 is 2.79 bits per heavy atom. The largest absolute Gasteiger partial charge is 0.481 e. The number of aliphatic carboxylic acids is 1. The van der Waals surface area contributed by atoms with Gasteiger partial charge in [0.25, 0.3) is 0 Å². The molecule has 3 atom stereocenters. The number of nitrogens with zero attached hydrogens (tertiary/aromatic N) is 1. The van der Waals surface area contributed by atoms with Gasteiger partial charge in [-0.3, -0.25) is 14.5 Å². The number of amides is 1. The molecule has 6 nitrogen and oxygen atoms in total. The number of halogens is 1. The summed E-state index contributed by atoms with van der Waals surface area (Å²) in [5, 5.41) is 12.5. The van der Waals surface area contributed by atoms with Crippen LogP contribution in [0.1, 0.15) is 44.3 Å². The summed E-state index contributed by atoms with van der Waals surface area (Å²) in [5.41, 5.74) is 0.523. The van der Waals surface area contributed by atoms with Crippen LogP contribution in [0.3, 0.4) is 0 Å². The molecule has 2 aliphatic rings. The molecule has 156 valence electrons. The lowest BCUT2D eigenvalue weighted by atomic mass is 9.81. The van der Waals surface area contributed by atoms with Gasteiger partial charge in [-0.15, -0.1) is 12.4 Å². The highest BCUT2D eigenvalue weighted by molar-refractivity contribution is 5.85. The van der Waals surface area contributed by atoms with Crippen LogP contribution in [0, 0.1) is 11.3 Å². The number of hydrogen-bond acceptors (Lipinski definition) is 4. The topological polar surface area (TPSA) is 78.9 Å². The molecule has 0 spiro atoms. The van der Waals surface area contributed by atoms with Crippen molar-refractivity contribution in [3.8, 4) is 0 Å². The molecule has 1 heterocycles. The first-order valence-electron chi connectivity index (χ1n) is 9.90. The molecule has 3 rings (SSSR count). The normalized spacial score (nSPS) is 25.0. The van der Waals surface area contributed by atoms with Crippen molar-refractivity contribution in [1.82, 2.24) is 10.2 Å². The first-order valence-corrected chi connectivity index (χ1v) is 9.90. The van der Waals surface area contributed by atoms with Crippen molar-refractivity contribution in [3.63, 3.8) is 0 Å². The SMILES string of the molecule is CC(OCCCNC(=O)CN1C[C@@H]2CCC[C@@]2(C(=O)O)C1)c1ccccc1.Cl. The number of benzene rings is 1. The van der Waals surface area contributed by atoms with Crippen LogP contribution < -0.4 is 5.32 Å². The second-order valence-electron chi connectivity index (χ2n) is 7.85. The van der Waals surface area contributed by atoms with Gasteiger partial charge in [0.05, 0.1) is 18.1 Å². The lowest BCUT2D eigenvalue weighted by molar-refractivity contribution is -0.149. The number of fused-ring (bicyclic) bond motifs is 1. The van der Waals surface area contributed by atoms with Crippen molar-refractivity contribution < 1.29 is 19.4 Å². The van der Waals surface area contributed by atoms with Crippen LogP contribution in [0.4, 0.5) is 0 Å². The van der Waals surface area contributed by atoms with Crippen molar-refractivity contribution in [1.29, 1.82) is 0 Å². The van der Waals surface area contributed by atoms with E-state index in [1.54, 1.807) is 0 Å². The molecule has 1 amide bonds. The lowest BCUT2D eigenvalue weighted by Gasteiger charge is -2.23. The quantitative estimate of drug-likeness (QED) is 0.612. The maximum Gasteiger partial charge on any atom is 0.311 e. The molecule has 1 aromatic carbocycles. The zero-order chi connectivity index (χ0) is 19.3. The molecule has 1 aliphatic heterocycles. The Hall–Kier alpha value is -1.63. The molecule has 1 aliphatic carbocycles. The number of carbonyl (C=O) groups excluding carboxylic acids is 1. The summed E-state index contributed by atoms with van der Waals surface area (Å²) in [4.78, 5) is 25.9. The lowest BCUT2D eigenvalue weighted by Crippen LogP contribution is -2.39. The number of hydrogen-bond donors (Lipinski definition) is 2. The zero-order valence-corrected chi connectivity index (χ0v) is 17.2. The molecule has 0 aromatic heterocycles. The van der Waals surface area contributed by atoms with E-state index in [-0.39, 0.29) is 36.9 Å². The van der Waals surface area contributed by atoms with Crippen molar-refractivity contribution in [2.45, 2.75) is 38.7 Å². The summed E-state index contributed by atoms with van der Waals surface area (Å²) in [6.45, 7) is 4.69. The molecule has 0 bridgehead atoms. The van der Waals surface area contributed by atoms with Crippen LogP contribution in [-0.2, 0) is 14.3 Å². The van der Waals surface area contributed by atoms with Gasteiger partial charge in [-0.2, -0.15) is 0 Å². The zero-order valence-electron chi connectivity index (χ0n) is 16.4. The summed E-state index contributed by atoms with van der Waals surface area (Å²) in [5.74, 6) is -0.542. The summed E-state index contributed by atoms with van der Waals surface area (Å²) in [7, 11) is 0. The van der Waals surface area contributed by atoms with Gasteiger partial charge in [-0.1, -0.05) is 36.8 Å². The molecule has 2 N–H and O–H groups in total. The molecule has 1 saturated heterocycles. The Morgan fingerprint density at radius 1 is 1.36 bits per heavy atom. The fourth-order valence-electron chi connectivity index (χ4n) is 4.50. The average molecular weight is 411 g/mol. The number of ether oxygens (including phenoxy) is 1. The van der Waals surface area contributed by atoms with E-state index in [0.717, 1.165) is 37.8 Å². The van der Waals surface area contributed by atoms with Gasteiger partial charge in [0.2, 0.25) is 5.91 Å². The standard InChI is InChI=1S/C21H30N2O4.ClH/c1-16(17-7-3-2-4-8-17)27-12-6-11-22-19(24)14-23-13-18-9-5-10-21(18,15-23)20(25)26;/h2-4,7-8,16,18H,5-6,9-15H2,1H3,(H,22,24)(H,25,26);1H/t16?,18-,21+;/m0./s1. The van der Waals surface area contributed by atoms with E-state index < -0.39 is 11.4 Å².